The van der Waals surface area contributed by atoms with Gasteiger partial charge < -0.3 is 35.7 Å². The highest BCUT2D eigenvalue weighted by Crippen LogP contribution is 2.12. The molecule has 10 heteroatoms. The van der Waals surface area contributed by atoms with Crippen LogP contribution in [0.2, 0.25) is 0 Å². The van der Waals surface area contributed by atoms with Crippen molar-refractivity contribution in [3.05, 3.63) is 24.3 Å². The zero-order valence-corrected chi connectivity index (χ0v) is 33.5. The highest BCUT2D eigenvalue weighted by Gasteiger charge is 2.03. The molecule has 0 saturated heterocycles. The summed E-state index contributed by atoms with van der Waals surface area (Å²) in [6.07, 6.45) is 34.7. The highest BCUT2D eigenvalue weighted by atomic mass is 16.4. The van der Waals surface area contributed by atoms with E-state index >= 15 is 0 Å². The quantitative estimate of drug-likeness (QED) is 0.0243. The Morgan fingerprint density at radius 2 is 0.808 bits per heavy atom. The van der Waals surface area contributed by atoms with E-state index in [-0.39, 0.29) is 32.0 Å². The Morgan fingerprint density at radius 3 is 1.13 bits per heavy atom. The number of hydrogen-bond acceptors (Lipinski definition) is 8. The van der Waals surface area contributed by atoms with Crippen LogP contribution in [-0.4, -0.2) is 104 Å². The molecule has 0 heterocycles. The number of aliphatic hydroxyl groups is 5. The summed E-state index contributed by atoms with van der Waals surface area (Å²) < 4.78 is 0. The lowest BCUT2D eigenvalue weighted by atomic mass is 10.1. The Kier molecular flexibility index (Phi) is 49.5. The van der Waals surface area contributed by atoms with Crippen molar-refractivity contribution in [3.63, 3.8) is 0 Å². The molecule has 0 saturated carbocycles. The first-order chi connectivity index (χ1) is 25.2. The van der Waals surface area contributed by atoms with Gasteiger partial charge in [-0.25, -0.2) is 0 Å². The molecule has 0 rings (SSSR count). The molecule has 0 aliphatic rings. The molecular weight excluding hydrogens is 662 g/mol. The molecule has 0 aromatic rings. The van der Waals surface area contributed by atoms with Gasteiger partial charge in [-0.3, -0.25) is 14.5 Å². The third-order valence-electron chi connectivity index (χ3n) is 8.70. The predicted molar refractivity (Wildman–Crippen MR) is 215 cm³/mol. The second-order valence-corrected chi connectivity index (χ2v) is 13.8. The normalized spacial score (nSPS) is 12.5. The van der Waals surface area contributed by atoms with Crippen LogP contribution >= 0.6 is 0 Å². The van der Waals surface area contributed by atoms with Crippen LogP contribution in [0.15, 0.2) is 24.3 Å². The Balaban J connectivity index is -0.000000737. The van der Waals surface area contributed by atoms with E-state index in [1.54, 1.807) is 4.90 Å². The van der Waals surface area contributed by atoms with Gasteiger partial charge >= 0.3 is 11.9 Å². The van der Waals surface area contributed by atoms with Gasteiger partial charge in [-0.05, 0) is 64.2 Å². The first-order valence-electron chi connectivity index (χ1n) is 20.8. The Bertz CT molecular complexity index is 710. The van der Waals surface area contributed by atoms with Gasteiger partial charge in [0.2, 0.25) is 0 Å². The summed E-state index contributed by atoms with van der Waals surface area (Å²) in [4.78, 5) is 22.5. The molecule has 0 bridgehead atoms. The zero-order valence-electron chi connectivity index (χ0n) is 33.5. The maximum Gasteiger partial charge on any atom is 0.303 e. The molecule has 0 aliphatic carbocycles. The highest BCUT2D eigenvalue weighted by molar-refractivity contribution is 5.66. The number of rotatable bonds is 36. The number of nitrogens with zero attached hydrogens (tertiary/aromatic N) is 1. The lowest BCUT2D eigenvalue weighted by Gasteiger charge is -2.17. The summed E-state index contributed by atoms with van der Waals surface area (Å²) in [5.41, 5.74) is 0. The minimum absolute atomic E-state index is 0.0694. The number of allylic oxidation sites excluding steroid dienone is 2. The molecule has 0 spiro atoms. The van der Waals surface area contributed by atoms with Crippen molar-refractivity contribution in [3.8, 4) is 0 Å². The molecule has 2 atom stereocenters. The summed E-state index contributed by atoms with van der Waals surface area (Å²) in [5.74, 6) is -1.38. The lowest BCUT2D eigenvalue weighted by molar-refractivity contribution is -0.138. The van der Waals surface area contributed by atoms with E-state index < -0.39 is 11.9 Å². The lowest BCUT2D eigenvalue weighted by Crippen LogP contribution is -2.32. The van der Waals surface area contributed by atoms with Crippen LogP contribution in [0.3, 0.4) is 0 Å². The standard InChI is InChI=1S/2C18H34O3.C6H15NO3/c2*1-2-3-4-11-14-17(19)15-12-9-7-5-6-8-10-13-16-18(20)21;8-4-1-7(2-5-9)3-6-10/h2*9,12,17,19H,2-8,10-11,13-16H2,1H3,(H,20,21);8-10H,1-6H2/b2*12-9-;/t2*17-;/m11./s1. The third-order valence-corrected chi connectivity index (χ3v) is 8.70. The Labute approximate surface area is 318 Å². The van der Waals surface area contributed by atoms with Gasteiger partial charge in [0.25, 0.3) is 0 Å². The fourth-order valence-electron chi connectivity index (χ4n) is 5.49. The Hall–Kier alpha value is -1.82. The van der Waals surface area contributed by atoms with Crippen molar-refractivity contribution in [2.75, 3.05) is 39.5 Å². The molecular formula is C42H83NO9. The number of hydrogen-bond donors (Lipinski definition) is 7. The van der Waals surface area contributed by atoms with Crippen LogP contribution in [0.4, 0.5) is 0 Å². The van der Waals surface area contributed by atoms with Crippen molar-refractivity contribution >= 4 is 11.9 Å². The number of carbonyl (C=O) groups is 2. The third kappa shape index (κ3) is 52.5. The fourth-order valence-corrected chi connectivity index (χ4v) is 5.49. The summed E-state index contributed by atoms with van der Waals surface area (Å²) in [6, 6.07) is 0. The van der Waals surface area contributed by atoms with Crippen molar-refractivity contribution < 1.29 is 45.3 Å². The molecule has 0 aliphatic heterocycles. The number of carboxylic acids is 2. The van der Waals surface area contributed by atoms with E-state index in [0.29, 0.717) is 32.5 Å². The minimum Gasteiger partial charge on any atom is -0.481 e. The average Bonchev–Trinajstić information content (AvgIpc) is 3.11. The molecule has 0 aromatic heterocycles. The largest absolute Gasteiger partial charge is 0.481 e. The van der Waals surface area contributed by atoms with Crippen molar-refractivity contribution in [2.45, 2.75) is 193 Å². The van der Waals surface area contributed by atoms with Crippen molar-refractivity contribution in [2.24, 2.45) is 0 Å². The van der Waals surface area contributed by atoms with E-state index in [4.69, 9.17) is 25.5 Å². The Morgan fingerprint density at radius 1 is 0.481 bits per heavy atom. The zero-order chi connectivity index (χ0) is 39.3. The second kappa shape index (κ2) is 47.2. The van der Waals surface area contributed by atoms with Crippen LogP contribution in [0, 0.1) is 0 Å². The van der Waals surface area contributed by atoms with Crippen molar-refractivity contribution in [1.82, 2.24) is 4.90 Å². The number of aliphatic hydroxyl groups excluding tert-OH is 5. The monoisotopic (exact) mass is 746 g/mol. The molecule has 0 radical (unpaired) electrons. The molecule has 7 N–H and O–H groups in total. The van der Waals surface area contributed by atoms with Gasteiger partial charge in [0, 0.05) is 32.5 Å². The number of carboxylic acid groups (broad SMARTS) is 2. The molecule has 0 unspecified atom stereocenters. The maximum atomic E-state index is 10.3. The minimum atomic E-state index is -0.689. The average molecular weight is 746 g/mol. The molecule has 310 valence electrons. The van der Waals surface area contributed by atoms with Gasteiger partial charge in [-0.1, -0.05) is 128 Å². The number of unbranched alkanes of at least 4 members (excludes halogenated alkanes) is 16. The summed E-state index contributed by atoms with van der Waals surface area (Å²) in [7, 11) is 0. The summed E-state index contributed by atoms with van der Waals surface area (Å²) in [6.45, 7) is 6.15. The molecule has 0 aromatic carbocycles. The van der Waals surface area contributed by atoms with Crippen LogP contribution in [-0.2, 0) is 9.59 Å². The van der Waals surface area contributed by atoms with Gasteiger partial charge in [0.1, 0.15) is 0 Å². The topological polar surface area (TPSA) is 179 Å². The smallest absolute Gasteiger partial charge is 0.303 e. The van der Waals surface area contributed by atoms with Crippen LogP contribution in [0.25, 0.3) is 0 Å². The summed E-state index contributed by atoms with van der Waals surface area (Å²) >= 11 is 0. The first kappa shape index (κ1) is 54.5. The van der Waals surface area contributed by atoms with Gasteiger partial charge in [-0.15, -0.1) is 0 Å². The van der Waals surface area contributed by atoms with Crippen LogP contribution in [0.1, 0.15) is 181 Å². The number of aliphatic carboxylic acids is 2. The van der Waals surface area contributed by atoms with Gasteiger partial charge in [-0.2, -0.15) is 0 Å². The van der Waals surface area contributed by atoms with Gasteiger partial charge in [0.05, 0.1) is 32.0 Å². The second-order valence-electron chi connectivity index (χ2n) is 13.8. The van der Waals surface area contributed by atoms with E-state index in [1.165, 1.54) is 51.4 Å². The molecule has 10 nitrogen and oxygen atoms in total. The van der Waals surface area contributed by atoms with E-state index in [0.717, 1.165) is 103 Å². The van der Waals surface area contributed by atoms with E-state index in [1.807, 2.05) is 0 Å². The van der Waals surface area contributed by atoms with Crippen LogP contribution in [0.5, 0.6) is 0 Å². The molecule has 0 fully saturated rings. The first-order valence-corrected chi connectivity index (χ1v) is 20.8. The maximum absolute atomic E-state index is 10.3. The SMILES string of the molecule is CCCCCC[C@@H](O)C/C=C\CCCCCCCC(=O)O.CCCCCC[C@@H](O)C/C=C\CCCCCCCC(=O)O.OCCN(CCO)CCO. The van der Waals surface area contributed by atoms with Crippen molar-refractivity contribution in [1.29, 1.82) is 0 Å². The fraction of sp³-hybridized carbons (Fsp3) is 0.857. The molecule has 52 heavy (non-hydrogen) atoms. The van der Waals surface area contributed by atoms with E-state index in [9.17, 15) is 19.8 Å². The van der Waals surface area contributed by atoms with E-state index in [2.05, 4.69) is 38.2 Å². The van der Waals surface area contributed by atoms with Gasteiger partial charge in [0.15, 0.2) is 0 Å². The summed E-state index contributed by atoms with van der Waals surface area (Å²) in [5, 5.41) is 62.1. The predicted octanol–water partition coefficient (Wildman–Crippen LogP) is 8.42. The van der Waals surface area contributed by atoms with Crippen LogP contribution < -0.4 is 0 Å². The molecule has 0 amide bonds.